The molecule has 0 aromatic rings. The van der Waals surface area contributed by atoms with Crippen LogP contribution in [0.2, 0.25) is 0 Å². The summed E-state index contributed by atoms with van der Waals surface area (Å²) < 4.78 is 135. The molecule has 4 fully saturated rings. The summed E-state index contributed by atoms with van der Waals surface area (Å²) in [6.07, 6.45) is -18.7. The van der Waals surface area contributed by atoms with E-state index in [1.807, 2.05) is 0 Å². The van der Waals surface area contributed by atoms with Crippen LogP contribution in [0.5, 0.6) is 0 Å². The fraction of sp³-hybridized carbons (Fsp3) is 0.760. The van der Waals surface area contributed by atoms with Gasteiger partial charge >= 0.3 is 0 Å². The maximum absolute atomic E-state index is 13.9. The number of aliphatic hydroxyl groups excluding tert-OH is 1. The Bertz CT molecular complexity index is 1470. The SMILES string of the molecule is [2H]C1=C([2H])[C@@]2(C)C(=C([2H])C1=O)C([2H])([2H])C[C@@H]1[C@@H]2[C@@H](O)C[C@@]2(C)[C@H]1C[C@H]1OC([2H])(C([2H])([2H])C([2H])([2H])C([2H])([2H])[2H])O[C@]12C(=O)C([2H])([2H])O. The standard InChI is InChI=1S/C25H34O6/c1-4-5-21-30-20-11-17-16-7-6-14-10-15(27)8-9-23(14,2)22(16)18(28)12-24(17,3)25(20,31-21)19(29)13-26/h8-10,16-18,20-22,26,28H,4-7,11-13H2,1-3H3/t16-,17-,18-,20+,21?,22+,23-,24-,25+/m0/s1/i1D3,4D2,5D2,6D2,8D,9D,10D,13D2,21D. The molecular formula is C25H34O6. The van der Waals surface area contributed by atoms with Crippen LogP contribution in [0, 0.1) is 28.6 Å². The maximum Gasteiger partial charge on any atom is 0.193 e. The molecule has 2 N–H and O–H groups in total. The third-order valence-corrected chi connectivity index (χ3v) is 8.10. The van der Waals surface area contributed by atoms with Crippen LogP contribution in [0.1, 0.15) is 79.6 Å². The zero-order valence-electron chi connectivity index (χ0n) is 32.0. The lowest BCUT2D eigenvalue weighted by Gasteiger charge is -2.59. The number of hydrogen-bond acceptors (Lipinski definition) is 6. The number of aliphatic hydroxyl groups is 2. The fourth-order valence-corrected chi connectivity index (χ4v) is 6.90. The van der Waals surface area contributed by atoms with Gasteiger partial charge in [0.15, 0.2) is 23.4 Å². The zero-order valence-corrected chi connectivity index (χ0v) is 17.0. The van der Waals surface area contributed by atoms with E-state index >= 15 is 0 Å². The number of hydrogen-bond donors (Lipinski definition) is 2. The van der Waals surface area contributed by atoms with Gasteiger partial charge in [0.2, 0.25) is 0 Å². The molecule has 5 aliphatic rings. The lowest BCUT2D eigenvalue weighted by molar-refractivity contribution is -0.200. The van der Waals surface area contributed by atoms with Gasteiger partial charge in [-0.05, 0) is 55.9 Å². The van der Waals surface area contributed by atoms with Crippen molar-refractivity contribution in [2.24, 2.45) is 28.6 Å². The Labute approximate surface area is 204 Å². The molecule has 4 aliphatic carbocycles. The van der Waals surface area contributed by atoms with Crippen molar-refractivity contribution < 1.29 is 49.8 Å². The molecule has 0 radical (unpaired) electrons. The summed E-state index contributed by atoms with van der Waals surface area (Å²) >= 11 is 0. The van der Waals surface area contributed by atoms with Crippen molar-refractivity contribution in [3.63, 3.8) is 0 Å². The highest BCUT2D eigenvalue weighted by Crippen LogP contribution is 2.69. The fourth-order valence-electron chi connectivity index (χ4n) is 6.90. The number of carbonyl (C=O) groups is 2. The number of ketones is 2. The van der Waals surface area contributed by atoms with E-state index in [0.29, 0.717) is 0 Å². The average molecular weight is 446 g/mol. The molecule has 0 aromatic carbocycles. The summed E-state index contributed by atoms with van der Waals surface area (Å²) in [7, 11) is 0. The van der Waals surface area contributed by atoms with Gasteiger partial charge in [-0.2, -0.15) is 0 Å². The Kier molecular flexibility index (Phi) is 2.35. The molecule has 9 atom stereocenters. The van der Waals surface area contributed by atoms with Gasteiger partial charge in [-0.1, -0.05) is 38.7 Å². The van der Waals surface area contributed by atoms with Crippen LogP contribution in [0.25, 0.3) is 0 Å². The molecule has 0 amide bonds. The molecule has 3 saturated carbocycles. The van der Waals surface area contributed by atoms with Crippen LogP contribution in [0.3, 0.4) is 0 Å². The van der Waals surface area contributed by atoms with Gasteiger partial charge in [0.1, 0.15) is 6.56 Å². The summed E-state index contributed by atoms with van der Waals surface area (Å²) in [4.78, 5) is 26.6. The Balaban J connectivity index is 1.70. The molecule has 1 aliphatic heterocycles. The highest BCUT2D eigenvalue weighted by atomic mass is 16.7. The van der Waals surface area contributed by atoms with Crippen LogP contribution >= 0.6 is 0 Å². The van der Waals surface area contributed by atoms with Gasteiger partial charge in [0, 0.05) is 29.1 Å². The number of carbonyl (C=O) groups excluding carboxylic acids is 2. The summed E-state index contributed by atoms with van der Waals surface area (Å²) in [5.41, 5.74) is -6.99. The normalized spacial score (nSPS) is 64.2. The van der Waals surface area contributed by atoms with Crippen molar-refractivity contribution in [2.75, 3.05) is 6.56 Å². The quantitative estimate of drug-likeness (QED) is 0.691. The first-order valence-electron chi connectivity index (χ1n) is 17.7. The maximum atomic E-state index is 13.9. The second-order valence-electron chi connectivity index (χ2n) is 9.31. The predicted molar refractivity (Wildman–Crippen MR) is 113 cm³/mol. The van der Waals surface area contributed by atoms with Gasteiger partial charge in [-0.15, -0.1) is 0 Å². The average Bonchev–Trinajstić information content (AvgIpc) is 3.32. The van der Waals surface area contributed by atoms with E-state index in [0.717, 1.165) is 0 Å². The molecular weight excluding hydrogens is 396 g/mol. The van der Waals surface area contributed by atoms with Crippen molar-refractivity contribution in [1.82, 2.24) is 0 Å². The molecule has 1 unspecified atom stereocenters. The van der Waals surface area contributed by atoms with Crippen molar-refractivity contribution in [3.8, 4) is 0 Å². The van der Waals surface area contributed by atoms with E-state index in [9.17, 15) is 19.8 Å². The van der Waals surface area contributed by atoms with Gasteiger partial charge in [0.25, 0.3) is 0 Å². The topological polar surface area (TPSA) is 93.1 Å². The smallest absolute Gasteiger partial charge is 0.193 e. The van der Waals surface area contributed by atoms with Gasteiger partial charge in [-0.25, -0.2) is 0 Å². The predicted octanol–water partition coefficient (Wildman–Crippen LogP) is 2.72. The molecule has 1 heterocycles. The number of rotatable bonds is 4. The largest absolute Gasteiger partial charge is 0.393 e. The van der Waals surface area contributed by atoms with Crippen LogP contribution in [0.4, 0.5) is 0 Å². The molecule has 6 nitrogen and oxygen atoms in total. The zero-order chi connectivity index (χ0) is 35.4. The first-order chi connectivity index (χ1) is 20.4. The molecule has 1 saturated heterocycles. The van der Waals surface area contributed by atoms with E-state index in [2.05, 4.69) is 0 Å². The third-order valence-electron chi connectivity index (χ3n) is 8.10. The van der Waals surface area contributed by atoms with E-state index in [-0.39, 0.29) is 5.57 Å². The summed E-state index contributed by atoms with van der Waals surface area (Å²) in [5.74, 6) is -6.13. The first kappa shape index (κ1) is 10.3. The number of Topliss-reactive ketones (excluding diaryl/α,β-unsaturated/α-hetero) is 1. The minimum atomic E-state index is -3.85. The first-order valence-corrected chi connectivity index (χ1v) is 10.2. The highest BCUT2D eigenvalue weighted by molar-refractivity contribution is 6.01. The Morgan fingerprint density at radius 2 is 2.32 bits per heavy atom. The molecule has 170 valence electrons. The number of ether oxygens (including phenoxy) is 2. The lowest BCUT2D eigenvalue weighted by atomic mass is 9.46. The van der Waals surface area contributed by atoms with Crippen molar-refractivity contribution in [1.29, 1.82) is 0 Å². The molecule has 0 spiro atoms. The second-order valence-corrected chi connectivity index (χ2v) is 9.31. The van der Waals surface area contributed by atoms with Crippen LogP contribution in [-0.4, -0.2) is 52.4 Å². The minimum Gasteiger partial charge on any atom is -0.393 e. The van der Waals surface area contributed by atoms with E-state index in [1.165, 1.54) is 13.8 Å². The monoisotopic (exact) mass is 445 g/mol. The van der Waals surface area contributed by atoms with Crippen molar-refractivity contribution >= 4 is 11.6 Å². The second kappa shape index (κ2) is 7.08. The van der Waals surface area contributed by atoms with E-state index < -0.39 is 134 Å². The van der Waals surface area contributed by atoms with E-state index in [4.69, 9.17) is 30.0 Å². The molecule has 31 heavy (non-hydrogen) atoms. The Morgan fingerprint density at radius 3 is 3.06 bits per heavy atom. The van der Waals surface area contributed by atoms with Crippen molar-refractivity contribution in [3.05, 3.63) is 23.7 Å². The van der Waals surface area contributed by atoms with Crippen molar-refractivity contribution in [2.45, 2.75) is 83.2 Å². The summed E-state index contributed by atoms with van der Waals surface area (Å²) in [5, 5.41) is 22.2. The molecule has 0 aromatic heterocycles. The van der Waals surface area contributed by atoms with Crippen LogP contribution < -0.4 is 0 Å². The summed E-state index contributed by atoms with van der Waals surface area (Å²) in [6.45, 7) is -4.76. The molecule has 5 rings (SSSR count). The number of allylic oxidation sites excluding steroid dienone is 4. The van der Waals surface area contributed by atoms with E-state index in [1.54, 1.807) is 0 Å². The van der Waals surface area contributed by atoms with Gasteiger partial charge in [0.05, 0.1) is 20.4 Å². The van der Waals surface area contributed by atoms with Gasteiger partial charge in [-0.3, -0.25) is 9.59 Å². The molecule has 0 bridgehead atoms. The number of fused-ring (bicyclic) bond motifs is 7. The highest BCUT2D eigenvalue weighted by Gasteiger charge is 2.75. The summed E-state index contributed by atoms with van der Waals surface area (Å²) in [6, 6.07) is -2.29. The van der Waals surface area contributed by atoms with Crippen LogP contribution in [-0.2, 0) is 19.1 Å². The molecule has 6 heteroatoms. The minimum absolute atomic E-state index is 0.386. The Hall–Kier alpha value is -1.34. The van der Waals surface area contributed by atoms with Gasteiger partial charge < -0.3 is 19.7 Å². The lowest BCUT2D eigenvalue weighted by Crippen LogP contribution is -2.63. The third kappa shape index (κ3) is 2.65. The van der Waals surface area contributed by atoms with Crippen LogP contribution in [0.15, 0.2) is 23.7 Å². The Morgan fingerprint density at radius 1 is 1.52 bits per heavy atom.